The molecule has 0 radical (unpaired) electrons. The lowest BCUT2D eigenvalue weighted by molar-refractivity contribution is -0.121. The molecule has 5 nitrogen and oxygen atoms in total. The van der Waals surface area contributed by atoms with E-state index in [1.165, 1.54) is 5.56 Å². The van der Waals surface area contributed by atoms with Crippen LogP contribution in [0.15, 0.2) is 36.4 Å². The van der Waals surface area contributed by atoms with Crippen molar-refractivity contribution >= 4 is 5.91 Å². The Bertz CT molecular complexity index is 685. The van der Waals surface area contributed by atoms with Gasteiger partial charge < -0.3 is 19.5 Å². The normalized spacial score (nSPS) is 10.2. The molecule has 0 unspecified atom stereocenters. The Kier molecular flexibility index (Phi) is 6.69. The highest BCUT2D eigenvalue weighted by Gasteiger charge is 2.14. The molecule has 0 aliphatic carbocycles. The van der Waals surface area contributed by atoms with Crippen LogP contribution in [0.1, 0.15) is 23.1 Å². The molecule has 134 valence electrons. The lowest BCUT2D eigenvalue weighted by atomic mass is 10.1. The van der Waals surface area contributed by atoms with Crippen molar-refractivity contribution in [2.24, 2.45) is 0 Å². The van der Waals surface area contributed by atoms with Gasteiger partial charge in [-0.1, -0.05) is 29.8 Å². The summed E-state index contributed by atoms with van der Waals surface area (Å²) in [5.41, 5.74) is 3.15. The fourth-order valence-corrected chi connectivity index (χ4v) is 2.54. The Labute approximate surface area is 148 Å². The Balaban J connectivity index is 1.97. The highest BCUT2D eigenvalue weighted by atomic mass is 16.5. The molecule has 2 aromatic rings. The lowest BCUT2D eigenvalue weighted by Gasteiger charge is -2.15. The van der Waals surface area contributed by atoms with E-state index in [0.717, 1.165) is 11.1 Å². The number of nitrogens with one attached hydrogen (secondary N) is 1. The molecule has 1 amide bonds. The van der Waals surface area contributed by atoms with E-state index in [9.17, 15) is 4.79 Å². The van der Waals surface area contributed by atoms with Gasteiger partial charge in [-0.2, -0.15) is 0 Å². The topological polar surface area (TPSA) is 56.8 Å². The zero-order valence-corrected chi connectivity index (χ0v) is 15.2. The first-order valence-electron chi connectivity index (χ1n) is 8.18. The molecule has 0 atom stereocenters. The fourth-order valence-electron chi connectivity index (χ4n) is 2.54. The molecule has 0 aromatic heterocycles. The second kappa shape index (κ2) is 8.97. The Morgan fingerprint density at radius 1 is 0.960 bits per heavy atom. The van der Waals surface area contributed by atoms with Crippen molar-refractivity contribution in [3.05, 3.63) is 53.1 Å². The van der Waals surface area contributed by atoms with Gasteiger partial charge in [0.05, 0.1) is 33.4 Å². The molecule has 0 saturated heterocycles. The van der Waals surface area contributed by atoms with Gasteiger partial charge in [0, 0.05) is 18.6 Å². The quantitative estimate of drug-likeness (QED) is 0.799. The largest absolute Gasteiger partial charge is 0.496 e. The van der Waals surface area contributed by atoms with Crippen LogP contribution in [-0.4, -0.2) is 27.2 Å². The van der Waals surface area contributed by atoms with Crippen molar-refractivity contribution in [1.82, 2.24) is 5.32 Å². The van der Waals surface area contributed by atoms with Crippen LogP contribution in [0.2, 0.25) is 0 Å². The number of rotatable bonds is 8. The van der Waals surface area contributed by atoms with Crippen LogP contribution < -0.4 is 19.5 Å². The number of hydrogen-bond acceptors (Lipinski definition) is 4. The number of amides is 1. The number of aryl methyl sites for hydroxylation is 2. The summed E-state index contributed by atoms with van der Waals surface area (Å²) in [6.45, 7) is 2.38. The monoisotopic (exact) mass is 343 g/mol. The SMILES string of the molecule is COc1cc(OC)c(CNC(=O)CCc2ccc(C)cc2)c(OC)c1. The molecule has 0 aliphatic heterocycles. The van der Waals surface area contributed by atoms with E-state index in [4.69, 9.17) is 14.2 Å². The van der Waals surface area contributed by atoms with E-state index >= 15 is 0 Å². The Morgan fingerprint density at radius 3 is 2.08 bits per heavy atom. The molecule has 0 saturated carbocycles. The van der Waals surface area contributed by atoms with Crippen molar-refractivity contribution in [2.75, 3.05) is 21.3 Å². The average molecular weight is 343 g/mol. The van der Waals surface area contributed by atoms with E-state index < -0.39 is 0 Å². The molecule has 2 aromatic carbocycles. The molecule has 2 rings (SSSR count). The predicted molar refractivity (Wildman–Crippen MR) is 97.4 cm³/mol. The first-order chi connectivity index (χ1) is 12.1. The molecule has 25 heavy (non-hydrogen) atoms. The summed E-state index contributed by atoms with van der Waals surface area (Å²) < 4.78 is 16.0. The summed E-state index contributed by atoms with van der Waals surface area (Å²) in [4.78, 5) is 12.2. The molecule has 0 spiro atoms. The van der Waals surface area contributed by atoms with Gasteiger partial charge in [0.2, 0.25) is 5.91 Å². The second-order valence-electron chi connectivity index (χ2n) is 5.77. The summed E-state index contributed by atoms with van der Waals surface area (Å²) in [6.07, 6.45) is 1.15. The molecular formula is C20H25NO4. The smallest absolute Gasteiger partial charge is 0.220 e. The molecule has 5 heteroatoms. The predicted octanol–water partition coefficient (Wildman–Crippen LogP) is 3.27. The van der Waals surface area contributed by atoms with E-state index in [0.29, 0.717) is 36.6 Å². The lowest BCUT2D eigenvalue weighted by Crippen LogP contribution is -2.23. The van der Waals surface area contributed by atoms with E-state index in [2.05, 4.69) is 29.6 Å². The molecule has 1 N–H and O–H groups in total. The van der Waals surface area contributed by atoms with E-state index in [1.54, 1.807) is 33.5 Å². The molecular weight excluding hydrogens is 318 g/mol. The summed E-state index contributed by atoms with van der Waals surface area (Å²) in [5, 5.41) is 2.93. The van der Waals surface area contributed by atoms with Gasteiger partial charge >= 0.3 is 0 Å². The molecule has 0 aliphatic rings. The van der Waals surface area contributed by atoms with Crippen molar-refractivity contribution in [3.63, 3.8) is 0 Å². The van der Waals surface area contributed by atoms with Gasteiger partial charge in [-0.05, 0) is 18.9 Å². The van der Waals surface area contributed by atoms with Gasteiger partial charge in [0.25, 0.3) is 0 Å². The van der Waals surface area contributed by atoms with Crippen LogP contribution in [0.4, 0.5) is 0 Å². The van der Waals surface area contributed by atoms with Crippen molar-refractivity contribution in [2.45, 2.75) is 26.3 Å². The van der Waals surface area contributed by atoms with Crippen molar-refractivity contribution in [1.29, 1.82) is 0 Å². The highest BCUT2D eigenvalue weighted by molar-refractivity contribution is 5.76. The van der Waals surface area contributed by atoms with E-state index in [-0.39, 0.29) is 5.91 Å². The van der Waals surface area contributed by atoms with Gasteiger partial charge in [-0.15, -0.1) is 0 Å². The number of carbonyl (C=O) groups is 1. The van der Waals surface area contributed by atoms with Crippen LogP contribution in [0.25, 0.3) is 0 Å². The Morgan fingerprint density at radius 2 is 1.56 bits per heavy atom. The van der Waals surface area contributed by atoms with Crippen molar-refractivity contribution in [3.8, 4) is 17.2 Å². The van der Waals surface area contributed by atoms with Gasteiger partial charge in [-0.3, -0.25) is 4.79 Å². The minimum Gasteiger partial charge on any atom is -0.496 e. The van der Waals surface area contributed by atoms with Crippen LogP contribution in [-0.2, 0) is 17.8 Å². The summed E-state index contributed by atoms with van der Waals surface area (Å²) in [6, 6.07) is 11.8. The zero-order valence-electron chi connectivity index (χ0n) is 15.2. The minimum absolute atomic E-state index is 0.0134. The average Bonchev–Trinajstić information content (AvgIpc) is 2.65. The molecule has 0 fully saturated rings. The maximum absolute atomic E-state index is 12.2. The number of carbonyl (C=O) groups excluding carboxylic acids is 1. The second-order valence-corrected chi connectivity index (χ2v) is 5.77. The molecule has 0 heterocycles. The maximum atomic E-state index is 12.2. The minimum atomic E-state index is -0.0134. The Hall–Kier alpha value is -2.69. The third-order valence-electron chi connectivity index (χ3n) is 4.04. The number of hydrogen-bond donors (Lipinski definition) is 1. The van der Waals surface area contributed by atoms with Crippen LogP contribution >= 0.6 is 0 Å². The summed E-state index contributed by atoms with van der Waals surface area (Å²) in [5.74, 6) is 1.87. The third kappa shape index (κ3) is 5.14. The summed E-state index contributed by atoms with van der Waals surface area (Å²) in [7, 11) is 4.74. The van der Waals surface area contributed by atoms with Crippen LogP contribution in [0.5, 0.6) is 17.2 Å². The molecule has 0 bridgehead atoms. The van der Waals surface area contributed by atoms with Gasteiger partial charge in [-0.25, -0.2) is 0 Å². The number of benzene rings is 2. The number of ether oxygens (including phenoxy) is 3. The fraction of sp³-hybridized carbons (Fsp3) is 0.350. The van der Waals surface area contributed by atoms with Crippen LogP contribution in [0, 0.1) is 6.92 Å². The van der Waals surface area contributed by atoms with E-state index in [1.807, 2.05) is 6.92 Å². The van der Waals surface area contributed by atoms with Gasteiger partial charge in [0.15, 0.2) is 0 Å². The standard InChI is InChI=1S/C20H25NO4/c1-14-5-7-15(8-6-14)9-10-20(22)21-13-17-18(24-3)11-16(23-2)12-19(17)25-4/h5-8,11-12H,9-10,13H2,1-4H3,(H,21,22). The number of methoxy groups -OCH3 is 3. The van der Waals surface area contributed by atoms with Gasteiger partial charge in [0.1, 0.15) is 17.2 Å². The van der Waals surface area contributed by atoms with Crippen LogP contribution in [0.3, 0.4) is 0 Å². The first kappa shape index (κ1) is 18.6. The first-order valence-corrected chi connectivity index (χ1v) is 8.18. The van der Waals surface area contributed by atoms with Crippen molar-refractivity contribution < 1.29 is 19.0 Å². The zero-order chi connectivity index (χ0) is 18.2. The third-order valence-corrected chi connectivity index (χ3v) is 4.04. The summed E-state index contributed by atoms with van der Waals surface area (Å²) >= 11 is 0. The maximum Gasteiger partial charge on any atom is 0.220 e. The highest BCUT2D eigenvalue weighted by Crippen LogP contribution is 2.33.